The number of carbonyl (C=O) groups excluding carboxylic acids is 1. The topological polar surface area (TPSA) is 62.1 Å². The van der Waals surface area contributed by atoms with E-state index in [2.05, 4.69) is 9.84 Å². The van der Waals surface area contributed by atoms with Crippen molar-refractivity contribution in [1.29, 1.82) is 0 Å². The number of carbonyl (C=O) groups is 1. The maximum atomic E-state index is 13.0. The van der Waals surface area contributed by atoms with Gasteiger partial charge in [0.05, 0.1) is 0 Å². The third-order valence-electron chi connectivity index (χ3n) is 3.16. The van der Waals surface area contributed by atoms with E-state index >= 15 is 0 Å². The lowest BCUT2D eigenvalue weighted by Crippen LogP contribution is -2.51. The van der Waals surface area contributed by atoms with Crippen LogP contribution in [-0.4, -0.2) is 46.9 Å². The molecule has 0 unspecified atom stereocenters. The Kier molecular flexibility index (Phi) is 5.02. The Morgan fingerprint density at radius 2 is 1.75 bits per heavy atom. The number of benzene rings is 1. The molecule has 0 saturated carbocycles. The Bertz CT molecular complexity index is 637. The van der Waals surface area contributed by atoms with Crippen molar-refractivity contribution in [3.63, 3.8) is 0 Å². The highest BCUT2D eigenvalue weighted by Gasteiger charge is 2.53. The quantitative estimate of drug-likeness (QED) is 0.826. The van der Waals surface area contributed by atoms with E-state index in [4.69, 9.17) is 0 Å². The zero-order chi connectivity index (χ0) is 18.1. The molecular formula is C13H10F6N2O3. The minimum atomic E-state index is -3.55. The number of nitrogens with zero attached hydrogens (tertiary/aromatic N) is 2. The van der Waals surface area contributed by atoms with Crippen molar-refractivity contribution >= 4 is 11.6 Å². The van der Waals surface area contributed by atoms with Crippen LogP contribution in [0.1, 0.15) is 16.8 Å². The molecule has 0 radical (unpaired) electrons. The molecule has 1 aliphatic heterocycles. The summed E-state index contributed by atoms with van der Waals surface area (Å²) >= 11 is 0. The smallest absolute Gasteiger partial charge is 0.387 e. The second-order valence-electron chi connectivity index (χ2n) is 4.77. The molecule has 1 heterocycles. The lowest BCUT2D eigenvalue weighted by Gasteiger charge is -2.30. The molecule has 0 bridgehead atoms. The summed E-state index contributed by atoms with van der Waals surface area (Å²) in [5.74, 6) is -1.60. The molecule has 0 spiro atoms. The van der Waals surface area contributed by atoms with E-state index in [1.54, 1.807) is 0 Å². The fourth-order valence-electron chi connectivity index (χ4n) is 2.00. The summed E-state index contributed by atoms with van der Waals surface area (Å²) in [7, 11) is 0. The van der Waals surface area contributed by atoms with Crippen LogP contribution in [0.5, 0.6) is 5.75 Å². The highest BCUT2D eigenvalue weighted by molar-refractivity contribution is 5.99. The Balaban J connectivity index is 2.28. The summed E-state index contributed by atoms with van der Waals surface area (Å²) < 4.78 is 79.5. The largest absolute Gasteiger partial charge is 0.435 e. The zero-order valence-electron chi connectivity index (χ0n) is 11.7. The number of ether oxygens (including phenoxy) is 1. The molecular weight excluding hydrogens is 346 g/mol. The second-order valence-corrected chi connectivity index (χ2v) is 4.77. The number of halogens is 6. The van der Waals surface area contributed by atoms with Gasteiger partial charge in [0.2, 0.25) is 5.72 Å². The van der Waals surface area contributed by atoms with Crippen molar-refractivity contribution in [2.45, 2.75) is 31.6 Å². The molecule has 0 fully saturated rings. The third-order valence-corrected chi connectivity index (χ3v) is 3.16. The first-order chi connectivity index (χ1) is 11.1. The summed E-state index contributed by atoms with van der Waals surface area (Å²) in [4.78, 5) is 12.2. The average Bonchev–Trinajstić information content (AvgIpc) is 2.86. The molecule has 1 atom stereocenters. The van der Waals surface area contributed by atoms with Crippen LogP contribution in [0.4, 0.5) is 26.3 Å². The van der Waals surface area contributed by atoms with Gasteiger partial charge in [0, 0.05) is 12.0 Å². The number of alkyl halides is 6. The number of hydrazone groups is 1. The first kappa shape index (κ1) is 18.0. The fourth-order valence-corrected chi connectivity index (χ4v) is 2.00. The van der Waals surface area contributed by atoms with Crippen molar-refractivity contribution in [3.8, 4) is 5.75 Å². The Labute approximate surface area is 131 Å². The summed E-state index contributed by atoms with van der Waals surface area (Å²) in [6, 6.07) is 3.80. The van der Waals surface area contributed by atoms with E-state index in [-0.39, 0.29) is 16.3 Å². The number of aliphatic hydroxyl groups is 1. The highest BCUT2D eigenvalue weighted by atomic mass is 19.3. The Hall–Kier alpha value is -2.30. The summed E-state index contributed by atoms with van der Waals surface area (Å²) in [5, 5.41) is 12.8. The van der Waals surface area contributed by atoms with Crippen LogP contribution in [0.2, 0.25) is 0 Å². The third kappa shape index (κ3) is 3.45. The van der Waals surface area contributed by atoms with E-state index < -0.39 is 43.2 Å². The molecule has 132 valence electrons. The first-order valence-corrected chi connectivity index (χ1v) is 6.40. The molecule has 5 nitrogen and oxygen atoms in total. The fraction of sp³-hybridized carbons (Fsp3) is 0.385. The van der Waals surface area contributed by atoms with Gasteiger partial charge >= 0.3 is 6.61 Å². The van der Waals surface area contributed by atoms with Gasteiger partial charge in [-0.05, 0) is 24.3 Å². The number of hydrogen-bond donors (Lipinski definition) is 1. The average molecular weight is 356 g/mol. The zero-order valence-corrected chi connectivity index (χ0v) is 11.7. The standard InChI is InChI=1S/C13H10F6N2O3/c14-9(15)8-5-13(23,11(16)17)21(20-8)10(22)6-1-3-7(4-2-6)24-12(18)19/h1-4,9,11-12,23H,5H2/t13-/m1/s1. The van der Waals surface area contributed by atoms with Crippen LogP contribution >= 0.6 is 0 Å². The maximum Gasteiger partial charge on any atom is 0.387 e. The van der Waals surface area contributed by atoms with Crippen LogP contribution in [0.3, 0.4) is 0 Å². The molecule has 11 heteroatoms. The van der Waals surface area contributed by atoms with Crippen molar-refractivity contribution in [2.75, 3.05) is 0 Å². The van der Waals surface area contributed by atoms with Gasteiger partial charge in [0.15, 0.2) is 0 Å². The molecule has 1 N–H and O–H groups in total. The van der Waals surface area contributed by atoms with Crippen LogP contribution in [0.15, 0.2) is 29.4 Å². The van der Waals surface area contributed by atoms with E-state index in [1.807, 2.05) is 0 Å². The highest BCUT2D eigenvalue weighted by Crippen LogP contribution is 2.34. The molecule has 1 amide bonds. The van der Waals surface area contributed by atoms with E-state index in [1.165, 1.54) is 0 Å². The molecule has 24 heavy (non-hydrogen) atoms. The molecule has 1 aromatic rings. The van der Waals surface area contributed by atoms with Gasteiger partial charge in [-0.25, -0.2) is 17.6 Å². The van der Waals surface area contributed by atoms with E-state index in [9.17, 15) is 36.2 Å². The summed E-state index contributed by atoms with van der Waals surface area (Å²) in [5.41, 5.74) is -4.61. The van der Waals surface area contributed by atoms with Crippen LogP contribution in [-0.2, 0) is 0 Å². The predicted octanol–water partition coefficient (Wildman–Crippen LogP) is 2.71. The molecule has 2 rings (SSSR count). The van der Waals surface area contributed by atoms with Crippen molar-refractivity contribution in [3.05, 3.63) is 29.8 Å². The minimum absolute atomic E-state index is 0.123. The molecule has 0 aromatic heterocycles. The number of amides is 1. The normalized spacial score (nSPS) is 20.9. The van der Waals surface area contributed by atoms with Crippen LogP contribution in [0, 0.1) is 0 Å². The van der Waals surface area contributed by atoms with Crippen molar-refractivity contribution in [1.82, 2.24) is 5.01 Å². The van der Waals surface area contributed by atoms with Crippen molar-refractivity contribution in [2.24, 2.45) is 5.10 Å². The van der Waals surface area contributed by atoms with Crippen LogP contribution < -0.4 is 4.74 Å². The van der Waals surface area contributed by atoms with Gasteiger partial charge in [-0.1, -0.05) is 0 Å². The van der Waals surface area contributed by atoms with Crippen molar-refractivity contribution < 1.29 is 41.0 Å². The van der Waals surface area contributed by atoms with Crippen LogP contribution in [0.25, 0.3) is 0 Å². The van der Waals surface area contributed by atoms with Gasteiger partial charge in [-0.2, -0.15) is 18.9 Å². The van der Waals surface area contributed by atoms with E-state index in [0.29, 0.717) is 0 Å². The molecule has 1 aliphatic rings. The Morgan fingerprint density at radius 3 is 2.21 bits per heavy atom. The molecule has 0 saturated heterocycles. The summed E-state index contributed by atoms with van der Waals surface area (Å²) in [6.45, 7) is -3.10. The molecule has 0 aliphatic carbocycles. The second kappa shape index (κ2) is 6.67. The lowest BCUT2D eigenvalue weighted by atomic mass is 10.1. The SMILES string of the molecule is O=C(c1ccc(OC(F)F)cc1)N1N=C(C(F)F)C[C@@]1(O)C(F)F. The predicted molar refractivity (Wildman–Crippen MR) is 68.3 cm³/mol. The van der Waals surface area contributed by atoms with Gasteiger partial charge in [0.1, 0.15) is 11.5 Å². The number of rotatable bonds is 5. The van der Waals surface area contributed by atoms with E-state index in [0.717, 1.165) is 24.3 Å². The monoisotopic (exact) mass is 356 g/mol. The lowest BCUT2D eigenvalue weighted by molar-refractivity contribution is -0.164. The van der Waals surface area contributed by atoms with Gasteiger partial charge in [-0.3, -0.25) is 4.79 Å². The van der Waals surface area contributed by atoms with Gasteiger partial charge in [0.25, 0.3) is 18.8 Å². The summed E-state index contributed by atoms with van der Waals surface area (Å²) in [6.07, 6.45) is -7.99. The first-order valence-electron chi connectivity index (χ1n) is 6.40. The number of hydrogen-bond acceptors (Lipinski definition) is 4. The Morgan fingerprint density at radius 1 is 1.17 bits per heavy atom. The maximum absolute atomic E-state index is 13.0. The minimum Gasteiger partial charge on any atom is -0.435 e. The van der Waals surface area contributed by atoms with Gasteiger partial charge in [-0.15, -0.1) is 0 Å². The molecule has 1 aromatic carbocycles. The van der Waals surface area contributed by atoms with Gasteiger partial charge < -0.3 is 9.84 Å².